The molecule has 0 fully saturated rings. The fraction of sp³-hybridized carbons (Fsp3) is 0.133. The van der Waals surface area contributed by atoms with Crippen LogP contribution >= 0.6 is 0 Å². The third-order valence-corrected chi connectivity index (χ3v) is 3.07. The molecule has 3 aromatic rings. The van der Waals surface area contributed by atoms with E-state index in [2.05, 4.69) is 9.97 Å². The van der Waals surface area contributed by atoms with E-state index < -0.39 is 0 Å². The Labute approximate surface area is 110 Å². The molecule has 0 atom stereocenters. The Morgan fingerprint density at radius 3 is 2.68 bits per heavy atom. The average molecular weight is 251 g/mol. The number of aromatic nitrogens is 3. The van der Waals surface area contributed by atoms with Crippen LogP contribution in [0, 0.1) is 6.92 Å². The third kappa shape index (κ3) is 2.25. The molecular weight excluding hydrogens is 238 g/mol. The molecule has 0 saturated heterocycles. The summed E-state index contributed by atoms with van der Waals surface area (Å²) in [6, 6.07) is 11.6. The van der Waals surface area contributed by atoms with Gasteiger partial charge in [0.05, 0.1) is 11.9 Å². The minimum Gasteiger partial charge on any atom is -0.294 e. The number of fused-ring (bicyclic) bond motifs is 1. The van der Waals surface area contributed by atoms with Crippen LogP contribution in [0.3, 0.4) is 0 Å². The van der Waals surface area contributed by atoms with Gasteiger partial charge in [0.1, 0.15) is 6.33 Å². The van der Waals surface area contributed by atoms with Gasteiger partial charge in [0.15, 0.2) is 5.65 Å². The topological polar surface area (TPSA) is 47.8 Å². The molecule has 0 aliphatic heterocycles. The zero-order valence-electron chi connectivity index (χ0n) is 10.6. The Hall–Kier alpha value is -2.49. The molecule has 0 radical (unpaired) electrons. The zero-order valence-corrected chi connectivity index (χ0v) is 10.6. The average Bonchev–Trinajstić information content (AvgIpc) is 2.45. The summed E-state index contributed by atoms with van der Waals surface area (Å²) in [5.74, 6) is 0. The highest BCUT2D eigenvalue weighted by Gasteiger charge is 2.04. The van der Waals surface area contributed by atoms with Gasteiger partial charge in [0.2, 0.25) is 0 Å². The Morgan fingerprint density at radius 1 is 1.11 bits per heavy atom. The second-order valence-electron chi connectivity index (χ2n) is 4.54. The number of pyridine rings is 1. The first-order valence-corrected chi connectivity index (χ1v) is 6.10. The van der Waals surface area contributed by atoms with Gasteiger partial charge in [-0.25, -0.2) is 9.97 Å². The van der Waals surface area contributed by atoms with Crippen LogP contribution < -0.4 is 5.56 Å². The van der Waals surface area contributed by atoms with Crippen molar-refractivity contribution in [3.63, 3.8) is 0 Å². The lowest BCUT2D eigenvalue weighted by Crippen LogP contribution is -2.21. The Kier molecular flexibility index (Phi) is 2.83. The van der Waals surface area contributed by atoms with E-state index >= 15 is 0 Å². The van der Waals surface area contributed by atoms with Crippen LogP contribution in [0.4, 0.5) is 0 Å². The van der Waals surface area contributed by atoms with Crippen molar-refractivity contribution in [3.05, 3.63) is 70.4 Å². The summed E-state index contributed by atoms with van der Waals surface area (Å²) in [6.45, 7) is 2.57. The SMILES string of the molecule is Cc1ccc(Cn2cnc3ncccc3c2=O)cc1. The fourth-order valence-corrected chi connectivity index (χ4v) is 2.00. The molecule has 0 aliphatic carbocycles. The highest BCUT2D eigenvalue weighted by atomic mass is 16.1. The van der Waals surface area contributed by atoms with Crippen molar-refractivity contribution in [2.45, 2.75) is 13.5 Å². The molecule has 0 N–H and O–H groups in total. The molecule has 0 bridgehead atoms. The number of nitrogens with zero attached hydrogens (tertiary/aromatic N) is 3. The van der Waals surface area contributed by atoms with Crippen LogP contribution in [0.1, 0.15) is 11.1 Å². The van der Waals surface area contributed by atoms with Crippen LogP contribution in [0.15, 0.2) is 53.7 Å². The number of hydrogen-bond acceptors (Lipinski definition) is 3. The molecule has 4 heteroatoms. The van der Waals surface area contributed by atoms with Gasteiger partial charge in [-0.3, -0.25) is 9.36 Å². The van der Waals surface area contributed by atoms with Crippen molar-refractivity contribution >= 4 is 11.0 Å². The van der Waals surface area contributed by atoms with Gasteiger partial charge >= 0.3 is 0 Å². The largest absolute Gasteiger partial charge is 0.294 e. The molecule has 94 valence electrons. The van der Waals surface area contributed by atoms with Gasteiger partial charge < -0.3 is 0 Å². The third-order valence-electron chi connectivity index (χ3n) is 3.07. The van der Waals surface area contributed by atoms with Gasteiger partial charge in [-0.2, -0.15) is 0 Å². The lowest BCUT2D eigenvalue weighted by molar-refractivity contribution is 0.746. The molecule has 0 spiro atoms. The summed E-state index contributed by atoms with van der Waals surface area (Å²) >= 11 is 0. The second kappa shape index (κ2) is 4.65. The van der Waals surface area contributed by atoms with Crippen LogP contribution in [0.25, 0.3) is 11.0 Å². The lowest BCUT2D eigenvalue weighted by atomic mass is 10.1. The molecule has 0 aliphatic rings. The number of benzene rings is 1. The van der Waals surface area contributed by atoms with Crippen molar-refractivity contribution < 1.29 is 0 Å². The fourth-order valence-electron chi connectivity index (χ4n) is 2.00. The Bertz CT molecular complexity index is 775. The van der Waals surface area contributed by atoms with Gasteiger partial charge in [0, 0.05) is 6.20 Å². The maximum Gasteiger partial charge on any atom is 0.263 e. The summed E-state index contributed by atoms with van der Waals surface area (Å²) in [6.07, 6.45) is 3.19. The first-order chi connectivity index (χ1) is 9.24. The molecule has 0 saturated carbocycles. The number of hydrogen-bond donors (Lipinski definition) is 0. The maximum atomic E-state index is 12.3. The maximum absolute atomic E-state index is 12.3. The Morgan fingerprint density at radius 2 is 1.89 bits per heavy atom. The standard InChI is InChI=1S/C15H13N3O/c1-11-4-6-12(7-5-11)9-18-10-17-14-13(15(18)19)3-2-8-16-14/h2-8,10H,9H2,1H3. The molecular formula is C15H13N3O. The first kappa shape index (κ1) is 11.6. The highest BCUT2D eigenvalue weighted by Crippen LogP contribution is 2.06. The van der Waals surface area contributed by atoms with Gasteiger partial charge in [-0.05, 0) is 24.6 Å². The molecule has 4 nitrogen and oxygen atoms in total. The quantitative estimate of drug-likeness (QED) is 0.701. The molecule has 3 rings (SSSR count). The number of rotatable bonds is 2. The van der Waals surface area contributed by atoms with Crippen molar-refractivity contribution in [3.8, 4) is 0 Å². The summed E-state index contributed by atoms with van der Waals surface area (Å²) in [5.41, 5.74) is 2.72. The predicted molar refractivity (Wildman–Crippen MR) is 74.1 cm³/mol. The summed E-state index contributed by atoms with van der Waals surface area (Å²) in [5, 5.41) is 0.553. The van der Waals surface area contributed by atoms with Crippen LogP contribution in [0.5, 0.6) is 0 Å². The van der Waals surface area contributed by atoms with E-state index in [1.54, 1.807) is 29.2 Å². The molecule has 1 aromatic carbocycles. The summed E-state index contributed by atoms with van der Waals surface area (Å²) < 4.78 is 1.61. The zero-order chi connectivity index (χ0) is 13.2. The number of aryl methyl sites for hydroxylation is 1. The van der Waals surface area contributed by atoms with E-state index in [4.69, 9.17) is 0 Å². The molecule has 19 heavy (non-hydrogen) atoms. The smallest absolute Gasteiger partial charge is 0.263 e. The second-order valence-corrected chi connectivity index (χ2v) is 4.54. The van der Waals surface area contributed by atoms with E-state index in [0.29, 0.717) is 17.6 Å². The van der Waals surface area contributed by atoms with Crippen LogP contribution in [0.2, 0.25) is 0 Å². The van der Waals surface area contributed by atoms with Gasteiger partial charge in [0.25, 0.3) is 5.56 Å². The van der Waals surface area contributed by atoms with E-state index in [1.165, 1.54) is 5.56 Å². The molecule has 0 unspecified atom stereocenters. The van der Waals surface area contributed by atoms with Crippen molar-refractivity contribution in [2.24, 2.45) is 0 Å². The summed E-state index contributed by atoms with van der Waals surface area (Å²) in [7, 11) is 0. The lowest BCUT2D eigenvalue weighted by Gasteiger charge is -2.06. The minimum absolute atomic E-state index is 0.0568. The summed E-state index contributed by atoms with van der Waals surface area (Å²) in [4.78, 5) is 20.6. The van der Waals surface area contributed by atoms with E-state index in [1.807, 2.05) is 31.2 Å². The molecule has 0 amide bonds. The monoisotopic (exact) mass is 251 g/mol. The highest BCUT2D eigenvalue weighted by molar-refractivity contribution is 5.72. The first-order valence-electron chi connectivity index (χ1n) is 6.10. The van der Waals surface area contributed by atoms with Crippen LogP contribution in [-0.4, -0.2) is 14.5 Å². The van der Waals surface area contributed by atoms with Crippen molar-refractivity contribution in [2.75, 3.05) is 0 Å². The van der Waals surface area contributed by atoms with Gasteiger partial charge in [-0.1, -0.05) is 29.8 Å². The van der Waals surface area contributed by atoms with E-state index in [9.17, 15) is 4.79 Å². The normalized spacial score (nSPS) is 10.8. The van der Waals surface area contributed by atoms with E-state index in [-0.39, 0.29) is 5.56 Å². The van der Waals surface area contributed by atoms with Crippen LogP contribution in [-0.2, 0) is 6.54 Å². The molecule has 2 heterocycles. The Balaban J connectivity index is 2.04. The van der Waals surface area contributed by atoms with Gasteiger partial charge in [-0.15, -0.1) is 0 Å². The molecule has 2 aromatic heterocycles. The van der Waals surface area contributed by atoms with Crippen molar-refractivity contribution in [1.82, 2.24) is 14.5 Å². The van der Waals surface area contributed by atoms with E-state index in [0.717, 1.165) is 5.56 Å². The van der Waals surface area contributed by atoms with Crippen molar-refractivity contribution in [1.29, 1.82) is 0 Å². The predicted octanol–water partition coefficient (Wildman–Crippen LogP) is 2.15. The minimum atomic E-state index is -0.0568.